The van der Waals surface area contributed by atoms with E-state index in [0.29, 0.717) is 21.4 Å². The zero-order valence-electron chi connectivity index (χ0n) is 9.97. The van der Waals surface area contributed by atoms with E-state index >= 15 is 0 Å². The van der Waals surface area contributed by atoms with Crippen molar-refractivity contribution in [3.05, 3.63) is 51.8 Å². The largest absolute Gasteiger partial charge is 0.338 e. The molecule has 0 fully saturated rings. The standard InChI is InChI=1S/C14H9Cl2FN2/c1-7-2-3-8(17)4-9(7)14-18-12-5-10(15)11(16)6-13(12)19-14/h2-6H,1H3,(H,18,19). The van der Waals surface area contributed by atoms with Gasteiger partial charge in [-0.25, -0.2) is 9.37 Å². The normalized spacial score (nSPS) is 11.2. The van der Waals surface area contributed by atoms with E-state index in [4.69, 9.17) is 23.2 Å². The van der Waals surface area contributed by atoms with E-state index in [1.807, 2.05) is 6.92 Å². The number of aryl methyl sites for hydroxylation is 1. The minimum Gasteiger partial charge on any atom is -0.338 e. The fourth-order valence-corrected chi connectivity index (χ4v) is 2.30. The summed E-state index contributed by atoms with van der Waals surface area (Å²) in [6.45, 7) is 1.90. The molecule has 0 aliphatic heterocycles. The number of halogens is 3. The number of nitrogens with one attached hydrogen (secondary N) is 1. The Kier molecular flexibility index (Phi) is 2.96. The molecule has 1 heterocycles. The van der Waals surface area contributed by atoms with Gasteiger partial charge < -0.3 is 4.98 Å². The van der Waals surface area contributed by atoms with Crippen molar-refractivity contribution in [3.63, 3.8) is 0 Å². The molecule has 3 rings (SSSR count). The molecule has 0 bridgehead atoms. The highest BCUT2D eigenvalue weighted by molar-refractivity contribution is 6.42. The van der Waals surface area contributed by atoms with Crippen LogP contribution in [0.15, 0.2) is 30.3 Å². The summed E-state index contributed by atoms with van der Waals surface area (Å²) >= 11 is 11.9. The van der Waals surface area contributed by atoms with E-state index in [1.165, 1.54) is 12.1 Å². The lowest BCUT2D eigenvalue weighted by Gasteiger charge is -2.01. The van der Waals surface area contributed by atoms with Crippen molar-refractivity contribution in [2.45, 2.75) is 6.92 Å². The van der Waals surface area contributed by atoms with Gasteiger partial charge in [-0.2, -0.15) is 0 Å². The number of benzene rings is 2. The van der Waals surface area contributed by atoms with Gasteiger partial charge in [-0.3, -0.25) is 0 Å². The summed E-state index contributed by atoms with van der Waals surface area (Å²) in [7, 11) is 0. The Morgan fingerprint density at radius 1 is 1.11 bits per heavy atom. The summed E-state index contributed by atoms with van der Waals surface area (Å²) in [6, 6.07) is 8.00. The van der Waals surface area contributed by atoms with Gasteiger partial charge in [-0.05, 0) is 36.8 Å². The highest BCUT2D eigenvalue weighted by atomic mass is 35.5. The predicted octanol–water partition coefficient (Wildman–Crippen LogP) is 4.98. The lowest BCUT2D eigenvalue weighted by molar-refractivity contribution is 0.628. The minimum absolute atomic E-state index is 0.294. The van der Waals surface area contributed by atoms with Gasteiger partial charge in [-0.1, -0.05) is 29.3 Å². The zero-order valence-corrected chi connectivity index (χ0v) is 11.5. The molecular formula is C14H9Cl2FN2. The molecule has 0 radical (unpaired) electrons. The molecule has 0 saturated carbocycles. The molecule has 3 aromatic rings. The van der Waals surface area contributed by atoms with Crippen LogP contribution in [-0.2, 0) is 0 Å². The van der Waals surface area contributed by atoms with E-state index < -0.39 is 0 Å². The van der Waals surface area contributed by atoms with Gasteiger partial charge in [0, 0.05) is 5.56 Å². The molecule has 19 heavy (non-hydrogen) atoms. The maximum absolute atomic E-state index is 13.3. The summed E-state index contributed by atoms with van der Waals surface area (Å²) in [5.74, 6) is 0.308. The van der Waals surface area contributed by atoms with E-state index in [1.54, 1.807) is 18.2 Å². The Labute approximate surface area is 119 Å². The Morgan fingerprint density at radius 3 is 2.63 bits per heavy atom. The van der Waals surface area contributed by atoms with Gasteiger partial charge in [0.2, 0.25) is 0 Å². The van der Waals surface area contributed by atoms with Crippen LogP contribution in [0.2, 0.25) is 10.0 Å². The second kappa shape index (κ2) is 4.51. The summed E-state index contributed by atoms with van der Waals surface area (Å²) < 4.78 is 13.3. The first-order valence-electron chi connectivity index (χ1n) is 5.66. The third-order valence-electron chi connectivity index (χ3n) is 2.98. The van der Waals surface area contributed by atoms with Crippen molar-refractivity contribution in [1.82, 2.24) is 9.97 Å². The Morgan fingerprint density at radius 2 is 1.84 bits per heavy atom. The van der Waals surface area contributed by atoms with Crippen LogP contribution in [-0.4, -0.2) is 9.97 Å². The van der Waals surface area contributed by atoms with Crippen molar-refractivity contribution in [1.29, 1.82) is 0 Å². The first-order chi connectivity index (χ1) is 9.04. The zero-order chi connectivity index (χ0) is 13.6. The van der Waals surface area contributed by atoms with Crippen LogP contribution in [0.25, 0.3) is 22.4 Å². The van der Waals surface area contributed by atoms with E-state index in [2.05, 4.69) is 9.97 Å². The van der Waals surface area contributed by atoms with Gasteiger partial charge in [-0.15, -0.1) is 0 Å². The SMILES string of the molecule is Cc1ccc(F)cc1-c1nc2cc(Cl)c(Cl)cc2[nH]1. The second-order valence-corrected chi connectivity index (χ2v) is 5.14. The molecule has 0 saturated heterocycles. The first-order valence-corrected chi connectivity index (χ1v) is 6.41. The number of hydrogen-bond donors (Lipinski definition) is 1. The molecule has 0 atom stereocenters. The van der Waals surface area contributed by atoms with E-state index in [0.717, 1.165) is 16.6 Å². The lowest BCUT2D eigenvalue weighted by atomic mass is 10.1. The number of rotatable bonds is 1. The van der Waals surface area contributed by atoms with Crippen molar-refractivity contribution < 1.29 is 4.39 Å². The number of fused-ring (bicyclic) bond motifs is 1. The third-order valence-corrected chi connectivity index (χ3v) is 3.70. The van der Waals surface area contributed by atoms with Gasteiger partial charge >= 0.3 is 0 Å². The van der Waals surface area contributed by atoms with E-state index in [9.17, 15) is 4.39 Å². The molecule has 0 amide bonds. The quantitative estimate of drug-likeness (QED) is 0.673. The average molecular weight is 295 g/mol. The van der Waals surface area contributed by atoms with E-state index in [-0.39, 0.29) is 5.82 Å². The van der Waals surface area contributed by atoms with Crippen LogP contribution in [0.4, 0.5) is 4.39 Å². The topological polar surface area (TPSA) is 28.7 Å². The molecular weight excluding hydrogens is 286 g/mol. The Hall–Kier alpha value is -1.58. The number of aromatic amines is 1. The lowest BCUT2D eigenvalue weighted by Crippen LogP contribution is -1.87. The van der Waals surface area contributed by atoms with Crippen LogP contribution >= 0.6 is 23.2 Å². The predicted molar refractivity (Wildman–Crippen MR) is 76.2 cm³/mol. The van der Waals surface area contributed by atoms with Crippen LogP contribution in [0.1, 0.15) is 5.56 Å². The van der Waals surface area contributed by atoms with Crippen LogP contribution in [0.5, 0.6) is 0 Å². The van der Waals surface area contributed by atoms with Crippen molar-refractivity contribution >= 4 is 34.2 Å². The molecule has 5 heteroatoms. The summed E-state index contributed by atoms with van der Waals surface area (Å²) in [6.07, 6.45) is 0. The van der Waals surface area contributed by atoms with Crippen LogP contribution < -0.4 is 0 Å². The summed E-state index contributed by atoms with van der Waals surface area (Å²) in [4.78, 5) is 7.55. The number of H-pyrrole nitrogens is 1. The maximum Gasteiger partial charge on any atom is 0.138 e. The Bertz CT molecular complexity index is 741. The second-order valence-electron chi connectivity index (χ2n) is 4.33. The van der Waals surface area contributed by atoms with Crippen LogP contribution in [0.3, 0.4) is 0 Å². The van der Waals surface area contributed by atoms with Gasteiger partial charge in [0.1, 0.15) is 11.6 Å². The Balaban J connectivity index is 2.23. The molecule has 1 aromatic heterocycles. The molecule has 0 unspecified atom stereocenters. The molecule has 2 aromatic carbocycles. The third kappa shape index (κ3) is 2.20. The average Bonchev–Trinajstić information content (AvgIpc) is 2.75. The molecule has 1 N–H and O–H groups in total. The first kappa shape index (κ1) is 12.5. The van der Waals surface area contributed by atoms with Crippen LogP contribution in [0, 0.1) is 12.7 Å². The van der Waals surface area contributed by atoms with Crippen molar-refractivity contribution in [3.8, 4) is 11.4 Å². The number of hydrogen-bond acceptors (Lipinski definition) is 1. The fraction of sp³-hybridized carbons (Fsp3) is 0.0714. The van der Waals surface area contributed by atoms with Crippen molar-refractivity contribution in [2.24, 2.45) is 0 Å². The number of imidazole rings is 1. The molecule has 0 aliphatic carbocycles. The van der Waals surface area contributed by atoms with Gasteiger partial charge in [0.15, 0.2) is 0 Å². The summed E-state index contributed by atoms with van der Waals surface area (Å²) in [5.41, 5.74) is 3.14. The van der Waals surface area contributed by atoms with Gasteiger partial charge in [0.05, 0.1) is 21.1 Å². The smallest absolute Gasteiger partial charge is 0.138 e. The maximum atomic E-state index is 13.3. The number of aromatic nitrogens is 2. The molecule has 2 nitrogen and oxygen atoms in total. The van der Waals surface area contributed by atoms with Crippen molar-refractivity contribution in [2.75, 3.05) is 0 Å². The van der Waals surface area contributed by atoms with Gasteiger partial charge in [0.25, 0.3) is 0 Å². The molecule has 96 valence electrons. The number of nitrogens with zero attached hydrogens (tertiary/aromatic N) is 1. The fourth-order valence-electron chi connectivity index (χ4n) is 1.98. The summed E-state index contributed by atoms with van der Waals surface area (Å²) in [5, 5.41) is 0.906. The highest BCUT2D eigenvalue weighted by Gasteiger charge is 2.10. The monoisotopic (exact) mass is 294 g/mol. The molecule has 0 aliphatic rings. The minimum atomic E-state index is -0.294. The highest BCUT2D eigenvalue weighted by Crippen LogP contribution is 2.29. The molecule has 0 spiro atoms.